The Morgan fingerprint density at radius 2 is 1.88 bits per heavy atom. The first kappa shape index (κ1) is 22.1. The monoisotopic (exact) mass is 455 g/mol. The minimum Gasteiger partial charge on any atom is -0.497 e. The number of hydrogen-bond acceptors (Lipinski definition) is 9. The first-order chi connectivity index (χ1) is 16.0. The van der Waals surface area contributed by atoms with Crippen LogP contribution < -0.4 is 30.2 Å². The molecule has 0 fully saturated rings. The highest BCUT2D eigenvalue weighted by atomic mass is 19.1. The smallest absolute Gasteiger partial charge is 0.265 e. The van der Waals surface area contributed by atoms with Gasteiger partial charge in [0.25, 0.3) is 5.91 Å². The number of hydrogen-bond donors (Lipinski definition) is 4. The second-order valence-corrected chi connectivity index (χ2v) is 7.06. The zero-order valence-electron chi connectivity index (χ0n) is 17.9. The van der Waals surface area contributed by atoms with E-state index in [2.05, 4.69) is 25.9 Å². The fourth-order valence-corrected chi connectivity index (χ4v) is 3.20. The van der Waals surface area contributed by atoms with Crippen LogP contribution in [-0.4, -0.2) is 47.9 Å². The summed E-state index contributed by atoms with van der Waals surface area (Å²) in [5, 5.41) is 17.7. The minimum atomic E-state index is -0.760. The van der Waals surface area contributed by atoms with Gasteiger partial charge in [-0.1, -0.05) is 0 Å². The number of benzene rings is 2. The maximum Gasteiger partial charge on any atom is 0.265 e. The number of amides is 1. The second kappa shape index (κ2) is 9.57. The van der Waals surface area contributed by atoms with Crippen molar-refractivity contribution in [2.45, 2.75) is 12.5 Å². The van der Waals surface area contributed by atoms with Crippen LogP contribution in [0.2, 0.25) is 0 Å². The van der Waals surface area contributed by atoms with E-state index in [9.17, 15) is 9.18 Å². The maximum absolute atomic E-state index is 14.4. The number of anilines is 5. The van der Waals surface area contributed by atoms with Gasteiger partial charge in [-0.15, -0.1) is 0 Å². The van der Waals surface area contributed by atoms with E-state index in [1.165, 1.54) is 14.2 Å². The normalized spacial score (nSPS) is 14.5. The fourth-order valence-electron chi connectivity index (χ4n) is 3.20. The number of fused-ring (bicyclic) bond motifs is 1. The van der Waals surface area contributed by atoms with Gasteiger partial charge in [-0.25, -0.2) is 9.37 Å². The predicted molar refractivity (Wildman–Crippen MR) is 119 cm³/mol. The van der Waals surface area contributed by atoms with Crippen molar-refractivity contribution in [1.82, 2.24) is 9.97 Å². The van der Waals surface area contributed by atoms with E-state index in [0.29, 0.717) is 34.3 Å². The largest absolute Gasteiger partial charge is 0.497 e. The summed E-state index contributed by atoms with van der Waals surface area (Å²) in [5.74, 6) is 0.649. The molecule has 11 heteroatoms. The molecule has 1 amide bonds. The van der Waals surface area contributed by atoms with Crippen LogP contribution in [0.1, 0.15) is 6.42 Å². The number of halogens is 1. The number of carbonyl (C=O) groups excluding carboxylic acids is 1. The van der Waals surface area contributed by atoms with Crippen molar-refractivity contribution < 1.29 is 28.5 Å². The third-order valence-corrected chi connectivity index (χ3v) is 4.80. The van der Waals surface area contributed by atoms with Crippen LogP contribution >= 0.6 is 0 Å². The molecule has 1 unspecified atom stereocenters. The van der Waals surface area contributed by atoms with E-state index in [4.69, 9.17) is 19.3 Å². The summed E-state index contributed by atoms with van der Waals surface area (Å²) >= 11 is 0. The first-order valence-electron chi connectivity index (χ1n) is 10.0. The molecule has 2 aromatic carbocycles. The van der Waals surface area contributed by atoms with Crippen LogP contribution in [0.5, 0.6) is 17.2 Å². The van der Waals surface area contributed by atoms with Crippen molar-refractivity contribution in [3.63, 3.8) is 0 Å². The summed E-state index contributed by atoms with van der Waals surface area (Å²) in [4.78, 5) is 20.3. The summed E-state index contributed by atoms with van der Waals surface area (Å²) in [6, 6.07) is 10.1. The van der Waals surface area contributed by atoms with Crippen LogP contribution in [0.4, 0.5) is 33.2 Å². The van der Waals surface area contributed by atoms with Crippen LogP contribution in [-0.2, 0) is 4.79 Å². The van der Waals surface area contributed by atoms with E-state index in [1.54, 1.807) is 36.4 Å². The zero-order valence-corrected chi connectivity index (χ0v) is 17.9. The maximum atomic E-state index is 14.4. The van der Waals surface area contributed by atoms with E-state index < -0.39 is 11.9 Å². The molecule has 0 aliphatic carbocycles. The lowest BCUT2D eigenvalue weighted by molar-refractivity contribution is -0.124. The molecule has 3 aromatic rings. The number of ether oxygens (including phenoxy) is 3. The number of nitrogens with zero attached hydrogens (tertiary/aromatic N) is 2. The molecule has 33 heavy (non-hydrogen) atoms. The summed E-state index contributed by atoms with van der Waals surface area (Å²) in [6.07, 6.45) is 0.467. The van der Waals surface area contributed by atoms with Crippen LogP contribution in [0.3, 0.4) is 0 Å². The first-order valence-corrected chi connectivity index (χ1v) is 10.0. The summed E-state index contributed by atoms with van der Waals surface area (Å²) in [5.41, 5.74) is 1.50. The molecule has 10 nitrogen and oxygen atoms in total. The van der Waals surface area contributed by atoms with Gasteiger partial charge in [-0.3, -0.25) is 4.79 Å². The van der Waals surface area contributed by atoms with Gasteiger partial charge >= 0.3 is 0 Å². The fraction of sp³-hybridized carbons (Fsp3) is 0.227. The molecule has 1 aromatic heterocycles. The summed E-state index contributed by atoms with van der Waals surface area (Å²) in [7, 11) is 3.07. The van der Waals surface area contributed by atoms with Gasteiger partial charge in [0.2, 0.25) is 5.95 Å². The molecule has 1 aliphatic rings. The quantitative estimate of drug-likeness (QED) is 0.405. The van der Waals surface area contributed by atoms with Crippen LogP contribution in [0.15, 0.2) is 42.6 Å². The standard InChI is InChI=1S/C22H22FN5O5/c1-31-14-7-13(8-15(10-14)32-2)26-22-24-11-16(23)20(28-22)25-12-3-4-18-17(9-12)27-21(30)19(33-18)5-6-29/h3-4,7-11,19,29H,5-6H2,1-2H3,(H,27,30)(H2,24,25,26,28). The Balaban J connectivity index is 1.54. The van der Waals surface area contributed by atoms with E-state index in [0.717, 1.165) is 6.20 Å². The Hall–Kier alpha value is -4.12. The SMILES string of the molecule is COc1cc(Nc2ncc(F)c(Nc3ccc4c(c3)NC(=O)C(CCO)O4)n2)cc(OC)c1. The number of aliphatic hydroxyl groups excluding tert-OH is 1. The molecule has 4 rings (SSSR count). The highest BCUT2D eigenvalue weighted by Gasteiger charge is 2.27. The van der Waals surface area contributed by atoms with Gasteiger partial charge in [-0.2, -0.15) is 4.98 Å². The summed E-state index contributed by atoms with van der Waals surface area (Å²) in [6.45, 7) is -0.168. The number of aliphatic hydroxyl groups is 1. The Bertz CT molecular complexity index is 1150. The lowest BCUT2D eigenvalue weighted by Crippen LogP contribution is -2.37. The highest BCUT2D eigenvalue weighted by Crippen LogP contribution is 2.34. The Labute approximate surface area is 188 Å². The molecule has 1 atom stereocenters. The molecule has 1 aliphatic heterocycles. The minimum absolute atomic E-state index is 0.0662. The van der Waals surface area contributed by atoms with Gasteiger partial charge in [0.1, 0.15) is 17.2 Å². The van der Waals surface area contributed by atoms with Crippen molar-refractivity contribution in [1.29, 1.82) is 0 Å². The van der Waals surface area contributed by atoms with Crippen LogP contribution in [0, 0.1) is 5.82 Å². The van der Waals surface area contributed by atoms with Crippen molar-refractivity contribution in [3.8, 4) is 17.2 Å². The number of rotatable bonds is 8. The van der Waals surface area contributed by atoms with Crippen molar-refractivity contribution in [3.05, 3.63) is 48.4 Å². The topological polar surface area (TPSA) is 127 Å². The van der Waals surface area contributed by atoms with Gasteiger partial charge in [0.05, 0.1) is 26.1 Å². The van der Waals surface area contributed by atoms with Gasteiger partial charge in [0, 0.05) is 42.6 Å². The predicted octanol–water partition coefficient (Wildman–Crippen LogP) is 3.20. The highest BCUT2D eigenvalue weighted by molar-refractivity contribution is 5.98. The Morgan fingerprint density at radius 1 is 1.12 bits per heavy atom. The third kappa shape index (κ3) is 5.04. The van der Waals surface area contributed by atoms with E-state index >= 15 is 0 Å². The number of nitrogens with one attached hydrogen (secondary N) is 3. The average Bonchev–Trinajstić information content (AvgIpc) is 2.81. The molecular weight excluding hydrogens is 433 g/mol. The zero-order chi connectivity index (χ0) is 23.4. The molecule has 4 N–H and O–H groups in total. The lowest BCUT2D eigenvalue weighted by atomic mass is 10.1. The molecule has 172 valence electrons. The molecule has 0 radical (unpaired) electrons. The van der Waals surface area contributed by atoms with Crippen molar-refractivity contribution in [2.75, 3.05) is 36.8 Å². The Kier molecular flexibility index (Phi) is 6.41. The number of aromatic nitrogens is 2. The number of methoxy groups -OCH3 is 2. The summed E-state index contributed by atoms with van der Waals surface area (Å²) < 4.78 is 30.5. The van der Waals surface area contributed by atoms with E-state index in [-0.39, 0.29) is 30.7 Å². The van der Waals surface area contributed by atoms with E-state index in [1.807, 2.05) is 0 Å². The second-order valence-electron chi connectivity index (χ2n) is 7.06. The molecule has 0 saturated heterocycles. The van der Waals surface area contributed by atoms with Crippen LogP contribution in [0.25, 0.3) is 0 Å². The molecule has 0 spiro atoms. The lowest BCUT2D eigenvalue weighted by Gasteiger charge is -2.25. The Morgan fingerprint density at radius 3 is 2.58 bits per heavy atom. The third-order valence-electron chi connectivity index (χ3n) is 4.80. The van der Waals surface area contributed by atoms with Crippen molar-refractivity contribution >= 4 is 34.7 Å². The molecule has 0 bridgehead atoms. The molecular formula is C22H22FN5O5. The average molecular weight is 455 g/mol. The molecule has 0 saturated carbocycles. The molecule has 2 heterocycles. The number of carbonyl (C=O) groups is 1. The van der Waals surface area contributed by atoms with Crippen molar-refractivity contribution in [2.24, 2.45) is 0 Å². The van der Waals surface area contributed by atoms with Gasteiger partial charge in [-0.05, 0) is 18.2 Å². The van der Waals surface area contributed by atoms with Gasteiger partial charge in [0.15, 0.2) is 17.7 Å². The van der Waals surface area contributed by atoms with Gasteiger partial charge < -0.3 is 35.3 Å².